The first-order valence-electron chi connectivity index (χ1n) is 10.8. The highest BCUT2D eigenvalue weighted by Gasteiger charge is 2.30. The zero-order chi connectivity index (χ0) is 23.2. The maximum absolute atomic E-state index is 13.3. The minimum atomic E-state index is -0.254. The zero-order valence-corrected chi connectivity index (χ0v) is 19.4. The Morgan fingerprint density at radius 2 is 1.73 bits per heavy atom. The van der Waals surface area contributed by atoms with E-state index < -0.39 is 0 Å². The average molecular weight is 463 g/mol. The predicted octanol–water partition coefficient (Wildman–Crippen LogP) is 5.30. The van der Waals surface area contributed by atoms with Crippen molar-refractivity contribution in [2.45, 2.75) is 23.5 Å². The van der Waals surface area contributed by atoms with Crippen LogP contribution in [0.5, 0.6) is 11.5 Å². The van der Waals surface area contributed by atoms with Crippen LogP contribution in [0.25, 0.3) is 0 Å². The lowest BCUT2D eigenvalue weighted by atomic mass is 10.1. The summed E-state index contributed by atoms with van der Waals surface area (Å²) >= 11 is 1.64. The molecule has 1 heterocycles. The monoisotopic (exact) mass is 462 g/mol. The predicted molar refractivity (Wildman–Crippen MR) is 131 cm³/mol. The second-order valence-corrected chi connectivity index (χ2v) is 8.78. The van der Waals surface area contributed by atoms with Crippen molar-refractivity contribution in [3.05, 3.63) is 78.4 Å². The van der Waals surface area contributed by atoms with Gasteiger partial charge in [-0.3, -0.25) is 9.59 Å². The Labute approximate surface area is 197 Å². The first-order chi connectivity index (χ1) is 16.1. The number of ether oxygens (including phenoxy) is 2. The van der Waals surface area contributed by atoms with E-state index in [9.17, 15) is 9.59 Å². The summed E-state index contributed by atoms with van der Waals surface area (Å²) in [5.41, 5.74) is 2.46. The van der Waals surface area contributed by atoms with Gasteiger partial charge in [-0.25, -0.2) is 0 Å². The molecule has 4 rings (SSSR count). The van der Waals surface area contributed by atoms with E-state index in [1.807, 2.05) is 67.6 Å². The fourth-order valence-electron chi connectivity index (χ4n) is 3.70. The molecule has 170 valence electrons. The third kappa shape index (κ3) is 5.49. The third-order valence-electron chi connectivity index (χ3n) is 5.32. The van der Waals surface area contributed by atoms with Gasteiger partial charge in [-0.1, -0.05) is 24.3 Å². The van der Waals surface area contributed by atoms with E-state index in [1.165, 1.54) is 0 Å². The lowest BCUT2D eigenvalue weighted by Gasteiger charge is -2.22. The van der Waals surface area contributed by atoms with Crippen LogP contribution in [0, 0.1) is 0 Å². The number of fused-ring (bicyclic) bond motifs is 1. The highest BCUT2D eigenvalue weighted by atomic mass is 32.2. The molecule has 0 aromatic heterocycles. The van der Waals surface area contributed by atoms with E-state index in [1.54, 1.807) is 35.9 Å². The normalized spacial score (nSPS) is 15.4. The number of nitrogens with zero attached hydrogens (tertiary/aromatic N) is 1. The van der Waals surface area contributed by atoms with Gasteiger partial charge in [0.05, 0.1) is 19.4 Å². The summed E-state index contributed by atoms with van der Waals surface area (Å²) < 4.78 is 10.7. The molecule has 0 bridgehead atoms. The van der Waals surface area contributed by atoms with E-state index in [4.69, 9.17) is 9.47 Å². The fraction of sp³-hybridized carbons (Fsp3) is 0.231. The van der Waals surface area contributed by atoms with Crippen molar-refractivity contribution in [2.75, 3.05) is 30.5 Å². The molecule has 3 aromatic rings. The second-order valence-electron chi connectivity index (χ2n) is 7.54. The van der Waals surface area contributed by atoms with E-state index in [2.05, 4.69) is 5.32 Å². The van der Waals surface area contributed by atoms with Crippen molar-refractivity contribution in [2.24, 2.45) is 0 Å². The summed E-state index contributed by atoms with van der Waals surface area (Å²) in [7, 11) is 1.63. The Balaban J connectivity index is 1.52. The smallest absolute Gasteiger partial charge is 0.244 e. The van der Waals surface area contributed by atoms with Crippen molar-refractivity contribution in [3.8, 4) is 11.5 Å². The first kappa shape index (κ1) is 22.7. The summed E-state index contributed by atoms with van der Waals surface area (Å²) in [5.74, 6) is 1.18. The van der Waals surface area contributed by atoms with Crippen molar-refractivity contribution in [1.29, 1.82) is 0 Å². The van der Waals surface area contributed by atoms with Gasteiger partial charge < -0.3 is 19.7 Å². The number of hydrogen-bond donors (Lipinski definition) is 1. The molecule has 33 heavy (non-hydrogen) atoms. The maximum atomic E-state index is 13.3. The summed E-state index contributed by atoms with van der Waals surface area (Å²) in [6.45, 7) is 2.44. The van der Waals surface area contributed by atoms with Crippen LogP contribution >= 0.6 is 11.8 Å². The molecular formula is C26H26N2O4S. The highest BCUT2D eigenvalue weighted by Crippen LogP contribution is 2.45. The standard InChI is InChI=1S/C26H26N2O4S/c1-3-32-21-14-10-19(11-15-21)27-25(29)17-28-22-6-4-5-7-23(22)33-24(16-26(28)30)18-8-12-20(31-2)13-9-18/h4-15,24H,3,16-17H2,1-2H3,(H,27,29). The van der Waals surface area contributed by atoms with Gasteiger partial charge in [-0.15, -0.1) is 11.8 Å². The Hall–Kier alpha value is -3.45. The maximum Gasteiger partial charge on any atom is 0.244 e. The molecule has 1 aliphatic rings. The van der Waals surface area contributed by atoms with E-state index in [0.717, 1.165) is 27.6 Å². The van der Waals surface area contributed by atoms with Crippen LogP contribution in [-0.2, 0) is 9.59 Å². The van der Waals surface area contributed by atoms with Crippen LogP contribution in [0.3, 0.4) is 0 Å². The van der Waals surface area contributed by atoms with Crippen molar-refractivity contribution in [1.82, 2.24) is 0 Å². The summed E-state index contributed by atoms with van der Waals surface area (Å²) in [6.07, 6.45) is 0.294. The second kappa shape index (κ2) is 10.4. The van der Waals surface area contributed by atoms with E-state index in [-0.39, 0.29) is 23.6 Å². The summed E-state index contributed by atoms with van der Waals surface area (Å²) in [5, 5.41) is 2.82. The number of rotatable bonds is 7. The zero-order valence-electron chi connectivity index (χ0n) is 18.6. The fourth-order valence-corrected chi connectivity index (χ4v) is 4.98. The number of amides is 2. The molecule has 0 aliphatic carbocycles. The third-order valence-corrected chi connectivity index (χ3v) is 6.65. The van der Waals surface area contributed by atoms with Crippen LogP contribution in [0.2, 0.25) is 0 Å². The molecule has 7 heteroatoms. The Morgan fingerprint density at radius 1 is 1.03 bits per heavy atom. The largest absolute Gasteiger partial charge is 0.497 e. The Kier molecular flexibility index (Phi) is 7.19. The minimum Gasteiger partial charge on any atom is -0.497 e. The Bertz CT molecular complexity index is 1120. The topological polar surface area (TPSA) is 67.9 Å². The van der Waals surface area contributed by atoms with Crippen LogP contribution in [0.1, 0.15) is 24.2 Å². The quantitative estimate of drug-likeness (QED) is 0.516. The average Bonchev–Trinajstić information content (AvgIpc) is 2.97. The van der Waals surface area contributed by atoms with E-state index in [0.29, 0.717) is 18.7 Å². The number of benzene rings is 3. The number of anilines is 2. The molecule has 6 nitrogen and oxygen atoms in total. The number of para-hydroxylation sites is 1. The van der Waals surface area contributed by atoms with Gasteiger partial charge >= 0.3 is 0 Å². The van der Waals surface area contributed by atoms with Gasteiger partial charge in [0.1, 0.15) is 18.0 Å². The number of thioether (sulfide) groups is 1. The summed E-state index contributed by atoms with van der Waals surface area (Å²) in [6, 6.07) is 22.7. The number of carbonyl (C=O) groups excluding carboxylic acids is 2. The molecule has 1 aliphatic heterocycles. The molecule has 0 saturated heterocycles. The molecule has 1 N–H and O–H groups in total. The minimum absolute atomic E-state index is 0.0521. The van der Waals surface area contributed by atoms with Gasteiger partial charge in [0, 0.05) is 22.3 Å². The van der Waals surface area contributed by atoms with Gasteiger partial charge in [-0.2, -0.15) is 0 Å². The molecule has 0 spiro atoms. The molecule has 1 unspecified atom stereocenters. The molecule has 0 saturated carbocycles. The summed E-state index contributed by atoms with van der Waals surface area (Å²) in [4.78, 5) is 28.7. The number of nitrogens with one attached hydrogen (secondary N) is 1. The van der Waals surface area contributed by atoms with Crippen molar-refractivity contribution in [3.63, 3.8) is 0 Å². The highest BCUT2D eigenvalue weighted by molar-refractivity contribution is 7.99. The first-order valence-corrected chi connectivity index (χ1v) is 11.7. The lowest BCUT2D eigenvalue weighted by molar-refractivity contribution is -0.121. The number of methoxy groups -OCH3 is 1. The van der Waals surface area contributed by atoms with Crippen LogP contribution in [0.4, 0.5) is 11.4 Å². The van der Waals surface area contributed by atoms with Crippen molar-refractivity contribution < 1.29 is 19.1 Å². The number of carbonyl (C=O) groups is 2. The Morgan fingerprint density at radius 3 is 2.42 bits per heavy atom. The molecule has 1 atom stereocenters. The van der Waals surface area contributed by atoms with Gasteiger partial charge in [0.25, 0.3) is 0 Å². The van der Waals surface area contributed by atoms with Crippen LogP contribution in [-0.4, -0.2) is 32.1 Å². The molecule has 2 amide bonds. The lowest BCUT2D eigenvalue weighted by Crippen LogP contribution is -2.38. The van der Waals surface area contributed by atoms with Gasteiger partial charge in [-0.05, 0) is 61.0 Å². The number of hydrogen-bond acceptors (Lipinski definition) is 5. The molecular weight excluding hydrogens is 436 g/mol. The molecule has 0 fully saturated rings. The molecule has 3 aromatic carbocycles. The SMILES string of the molecule is CCOc1ccc(NC(=O)CN2C(=O)CC(c3ccc(OC)cc3)Sc3ccccc32)cc1. The van der Waals surface area contributed by atoms with Crippen LogP contribution < -0.4 is 19.7 Å². The van der Waals surface area contributed by atoms with E-state index >= 15 is 0 Å². The molecule has 0 radical (unpaired) electrons. The van der Waals surface area contributed by atoms with Crippen molar-refractivity contribution >= 4 is 35.0 Å². The van der Waals surface area contributed by atoms with Gasteiger partial charge in [0.15, 0.2) is 0 Å². The van der Waals surface area contributed by atoms with Gasteiger partial charge in [0.2, 0.25) is 11.8 Å². The van der Waals surface area contributed by atoms with Crippen LogP contribution in [0.15, 0.2) is 77.7 Å².